The first-order chi connectivity index (χ1) is 7.13. The van der Waals surface area contributed by atoms with E-state index < -0.39 is 0 Å². The van der Waals surface area contributed by atoms with E-state index in [2.05, 4.69) is 5.32 Å². The average Bonchev–Trinajstić information content (AvgIpc) is 2.26. The Labute approximate surface area is 95.4 Å². The molecule has 1 aromatic rings. The van der Waals surface area contributed by atoms with E-state index in [4.69, 9.17) is 21.7 Å². The molecule has 15 heavy (non-hydrogen) atoms. The number of rotatable bonds is 3. The molecular formula is C11H15NO2S. The minimum absolute atomic E-state index is 0.673. The number of thiocarbonyl (C=S) groups is 1. The van der Waals surface area contributed by atoms with Gasteiger partial charge in [0.15, 0.2) is 0 Å². The summed E-state index contributed by atoms with van der Waals surface area (Å²) >= 11 is 5.21. The summed E-state index contributed by atoms with van der Waals surface area (Å²) in [5, 5.41) is 2.94. The largest absolute Gasteiger partial charge is 0.497 e. The molecule has 0 aromatic heterocycles. The quantitative estimate of drug-likeness (QED) is 0.796. The van der Waals surface area contributed by atoms with Crippen LogP contribution in [0.15, 0.2) is 12.1 Å². The maximum atomic E-state index is 5.28. The van der Waals surface area contributed by atoms with Crippen molar-refractivity contribution in [3.63, 3.8) is 0 Å². The second-order valence-corrected chi connectivity index (χ2v) is 3.51. The molecule has 3 nitrogen and oxygen atoms in total. The second kappa shape index (κ2) is 4.98. The fraction of sp³-hybridized carbons (Fsp3) is 0.364. The normalized spacial score (nSPS) is 9.60. The molecule has 0 heterocycles. The lowest BCUT2D eigenvalue weighted by atomic mass is 10.1. The maximum absolute atomic E-state index is 5.28. The van der Waals surface area contributed by atoms with Crippen molar-refractivity contribution in [2.45, 2.75) is 6.92 Å². The molecular weight excluding hydrogens is 210 g/mol. The molecule has 1 rings (SSSR count). The molecule has 0 aliphatic heterocycles. The zero-order valence-corrected chi connectivity index (χ0v) is 10.2. The van der Waals surface area contributed by atoms with E-state index in [9.17, 15) is 0 Å². The third-order valence-electron chi connectivity index (χ3n) is 2.18. The number of methoxy groups -OCH3 is 2. The van der Waals surface area contributed by atoms with Crippen molar-refractivity contribution < 1.29 is 9.47 Å². The van der Waals surface area contributed by atoms with Gasteiger partial charge >= 0.3 is 0 Å². The molecule has 0 radical (unpaired) electrons. The molecule has 0 amide bonds. The van der Waals surface area contributed by atoms with Crippen molar-refractivity contribution in [3.8, 4) is 11.5 Å². The molecule has 4 heteroatoms. The highest BCUT2D eigenvalue weighted by Crippen LogP contribution is 2.28. The van der Waals surface area contributed by atoms with Crippen molar-refractivity contribution >= 4 is 17.2 Å². The Balaban J connectivity index is 3.30. The van der Waals surface area contributed by atoms with Gasteiger partial charge in [0.2, 0.25) is 0 Å². The molecule has 1 N–H and O–H groups in total. The fourth-order valence-electron chi connectivity index (χ4n) is 1.42. The lowest BCUT2D eigenvalue weighted by molar-refractivity contribution is 0.393. The molecule has 0 bridgehead atoms. The van der Waals surface area contributed by atoms with E-state index in [0.717, 1.165) is 22.6 Å². The minimum Gasteiger partial charge on any atom is -0.497 e. The van der Waals surface area contributed by atoms with Crippen LogP contribution in [0, 0.1) is 6.92 Å². The molecule has 0 aliphatic rings. The molecule has 0 atom stereocenters. The molecule has 82 valence electrons. The monoisotopic (exact) mass is 225 g/mol. The summed E-state index contributed by atoms with van der Waals surface area (Å²) < 4.78 is 10.4. The second-order valence-electron chi connectivity index (χ2n) is 3.10. The van der Waals surface area contributed by atoms with E-state index >= 15 is 0 Å². The van der Waals surface area contributed by atoms with E-state index in [0.29, 0.717) is 4.99 Å². The number of benzene rings is 1. The van der Waals surface area contributed by atoms with E-state index in [-0.39, 0.29) is 0 Å². The molecule has 0 spiro atoms. The lowest BCUT2D eigenvalue weighted by Crippen LogP contribution is -2.18. The Morgan fingerprint density at radius 2 is 1.93 bits per heavy atom. The van der Waals surface area contributed by atoms with Crippen LogP contribution in [0.5, 0.6) is 11.5 Å². The third-order valence-corrected chi connectivity index (χ3v) is 2.59. The Morgan fingerprint density at radius 3 is 2.40 bits per heavy atom. The zero-order chi connectivity index (χ0) is 11.4. The van der Waals surface area contributed by atoms with E-state index in [1.54, 1.807) is 21.3 Å². The Bertz CT molecular complexity index is 377. The van der Waals surface area contributed by atoms with Gasteiger partial charge in [0.25, 0.3) is 0 Å². The molecule has 0 unspecified atom stereocenters. The predicted octanol–water partition coefficient (Wildman–Crippen LogP) is 1.91. The molecule has 1 aromatic carbocycles. The average molecular weight is 225 g/mol. The van der Waals surface area contributed by atoms with Crippen LogP contribution in [0.1, 0.15) is 11.1 Å². The van der Waals surface area contributed by atoms with Crippen molar-refractivity contribution in [2.24, 2.45) is 0 Å². The van der Waals surface area contributed by atoms with Gasteiger partial charge < -0.3 is 14.8 Å². The number of nitrogens with one attached hydrogen (secondary N) is 1. The Hall–Kier alpha value is -1.29. The van der Waals surface area contributed by atoms with E-state index in [1.807, 2.05) is 19.1 Å². The Morgan fingerprint density at radius 1 is 1.27 bits per heavy atom. The summed E-state index contributed by atoms with van der Waals surface area (Å²) in [6.45, 7) is 1.98. The predicted molar refractivity (Wildman–Crippen MR) is 65.0 cm³/mol. The SMILES string of the molecule is CNC(=S)c1c(C)cc(OC)cc1OC. The number of ether oxygens (including phenoxy) is 2. The Kier molecular flexibility index (Phi) is 3.91. The maximum Gasteiger partial charge on any atom is 0.133 e. The summed E-state index contributed by atoms with van der Waals surface area (Å²) in [6, 6.07) is 3.76. The van der Waals surface area contributed by atoms with Crippen LogP contribution in [0.2, 0.25) is 0 Å². The molecule has 0 aliphatic carbocycles. The van der Waals surface area contributed by atoms with Gasteiger partial charge in [-0.3, -0.25) is 0 Å². The van der Waals surface area contributed by atoms with Crippen LogP contribution < -0.4 is 14.8 Å². The summed E-state index contributed by atoms with van der Waals surface area (Å²) in [7, 11) is 5.05. The standard InChI is InChI=1S/C11H15NO2S/c1-7-5-8(13-3)6-9(14-4)10(7)11(15)12-2/h5-6H,1-4H3,(H,12,15). The highest BCUT2D eigenvalue weighted by Gasteiger charge is 2.12. The van der Waals surface area contributed by atoms with Gasteiger partial charge in [-0.2, -0.15) is 0 Å². The van der Waals surface area contributed by atoms with Gasteiger partial charge in [-0.1, -0.05) is 12.2 Å². The smallest absolute Gasteiger partial charge is 0.133 e. The van der Waals surface area contributed by atoms with Gasteiger partial charge in [0.05, 0.1) is 19.8 Å². The van der Waals surface area contributed by atoms with Crippen LogP contribution in [-0.4, -0.2) is 26.3 Å². The van der Waals surface area contributed by atoms with Crippen LogP contribution >= 0.6 is 12.2 Å². The number of aryl methyl sites for hydroxylation is 1. The molecule has 0 saturated carbocycles. The van der Waals surface area contributed by atoms with E-state index in [1.165, 1.54) is 0 Å². The first kappa shape index (κ1) is 11.8. The van der Waals surface area contributed by atoms with Gasteiger partial charge in [-0.05, 0) is 18.6 Å². The van der Waals surface area contributed by atoms with Crippen molar-refractivity contribution in [1.29, 1.82) is 0 Å². The molecule has 0 saturated heterocycles. The van der Waals surface area contributed by atoms with Gasteiger partial charge in [-0.15, -0.1) is 0 Å². The van der Waals surface area contributed by atoms with Gasteiger partial charge in [-0.25, -0.2) is 0 Å². The van der Waals surface area contributed by atoms with Crippen molar-refractivity contribution in [3.05, 3.63) is 23.3 Å². The van der Waals surface area contributed by atoms with Crippen molar-refractivity contribution in [2.75, 3.05) is 21.3 Å². The zero-order valence-electron chi connectivity index (χ0n) is 9.38. The lowest BCUT2D eigenvalue weighted by Gasteiger charge is -2.14. The van der Waals surface area contributed by atoms with Gasteiger partial charge in [0, 0.05) is 13.1 Å². The highest BCUT2D eigenvalue weighted by molar-refractivity contribution is 7.80. The van der Waals surface area contributed by atoms with Gasteiger partial charge in [0.1, 0.15) is 16.5 Å². The third kappa shape index (κ3) is 2.39. The first-order valence-electron chi connectivity index (χ1n) is 4.58. The summed E-state index contributed by atoms with van der Waals surface area (Å²) in [5.41, 5.74) is 1.95. The van der Waals surface area contributed by atoms with Crippen molar-refractivity contribution in [1.82, 2.24) is 5.32 Å². The summed E-state index contributed by atoms with van der Waals surface area (Å²) in [5.74, 6) is 1.50. The summed E-state index contributed by atoms with van der Waals surface area (Å²) in [6.07, 6.45) is 0. The van der Waals surface area contributed by atoms with Crippen LogP contribution in [0.4, 0.5) is 0 Å². The minimum atomic E-state index is 0.673. The first-order valence-corrected chi connectivity index (χ1v) is 4.99. The number of hydrogen-bond donors (Lipinski definition) is 1. The van der Waals surface area contributed by atoms with Crippen LogP contribution in [-0.2, 0) is 0 Å². The van der Waals surface area contributed by atoms with Crippen LogP contribution in [0.25, 0.3) is 0 Å². The van der Waals surface area contributed by atoms with Crippen LogP contribution in [0.3, 0.4) is 0 Å². The topological polar surface area (TPSA) is 30.5 Å². The fourth-order valence-corrected chi connectivity index (χ4v) is 1.68. The number of hydrogen-bond acceptors (Lipinski definition) is 3. The summed E-state index contributed by atoms with van der Waals surface area (Å²) in [4.78, 5) is 0.673. The highest BCUT2D eigenvalue weighted by atomic mass is 32.1. The molecule has 0 fully saturated rings.